The zero-order valence-electron chi connectivity index (χ0n) is 12.9. The summed E-state index contributed by atoms with van der Waals surface area (Å²) in [4.78, 5) is 10.9. The number of hydrogen-bond donors (Lipinski definition) is 1. The molecule has 2 atom stereocenters. The Hall–Kier alpha value is -0.790. The number of allylic oxidation sites excluding steroid dienone is 2. The summed E-state index contributed by atoms with van der Waals surface area (Å²) >= 11 is 0. The molecule has 0 radical (unpaired) electrons. The van der Waals surface area contributed by atoms with E-state index >= 15 is 0 Å². The van der Waals surface area contributed by atoms with Crippen LogP contribution in [0.2, 0.25) is 0 Å². The van der Waals surface area contributed by atoms with E-state index in [2.05, 4.69) is 27.7 Å². The zero-order valence-corrected chi connectivity index (χ0v) is 12.9. The third kappa shape index (κ3) is 2.88. The van der Waals surface area contributed by atoms with Crippen LogP contribution in [0, 0.1) is 16.7 Å². The second kappa shape index (κ2) is 4.96. The average Bonchev–Trinajstić information content (AvgIpc) is 2.30. The highest BCUT2D eigenvalue weighted by atomic mass is 16.4. The van der Waals surface area contributed by atoms with E-state index in [0.717, 1.165) is 12.8 Å². The number of carboxylic acid groups (broad SMARTS) is 1. The van der Waals surface area contributed by atoms with Crippen molar-refractivity contribution < 1.29 is 9.90 Å². The Labute approximate surface area is 117 Å². The number of aliphatic carboxylic acids is 1. The number of carbonyl (C=O) groups is 1. The lowest BCUT2D eigenvalue weighted by Gasteiger charge is -2.48. The highest BCUT2D eigenvalue weighted by Crippen LogP contribution is 2.55. The molecule has 0 fully saturated rings. The van der Waals surface area contributed by atoms with Gasteiger partial charge in [-0.3, -0.25) is 4.79 Å². The summed E-state index contributed by atoms with van der Waals surface area (Å²) in [5.41, 5.74) is 3.85. The second-order valence-corrected chi connectivity index (χ2v) is 7.65. The molecule has 2 aliphatic carbocycles. The SMILES string of the molecule is CC1CC2=C(CC1(C)CCC(=O)O)C(C)(C)CCC2. The van der Waals surface area contributed by atoms with Gasteiger partial charge in [-0.25, -0.2) is 0 Å². The summed E-state index contributed by atoms with van der Waals surface area (Å²) in [5.74, 6) is -0.0457. The average molecular weight is 264 g/mol. The van der Waals surface area contributed by atoms with Crippen molar-refractivity contribution in [3.05, 3.63) is 11.1 Å². The highest BCUT2D eigenvalue weighted by Gasteiger charge is 2.42. The molecular formula is C17H28O2. The van der Waals surface area contributed by atoms with Crippen LogP contribution in [0.4, 0.5) is 0 Å². The smallest absolute Gasteiger partial charge is 0.303 e. The fraction of sp³-hybridized carbons (Fsp3) is 0.824. The number of carboxylic acids is 1. The van der Waals surface area contributed by atoms with Crippen LogP contribution < -0.4 is 0 Å². The molecule has 0 saturated heterocycles. The first-order valence-corrected chi connectivity index (χ1v) is 7.68. The molecule has 0 aliphatic heterocycles. The Balaban J connectivity index is 2.22. The highest BCUT2D eigenvalue weighted by molar-refractivity contribution is 5.66. The number of hydrogen-bond acceptors (Lipinski definition) is 1. The predicted octanol–water partition coefficient (Wildman–Crippen LogP) is 4.79. The predicted molar refractivity (Wildman–Crippen MR) is 78.0 cm³/mol. The molecule has 0 aromatic rings. The van der Waals surface area contributed by atoms with Crippen molar-refractivity contribution in [3.63, 3.8) is 0 Å². The van der Waals surface area contributed by atoms with Crippen LogP contribution in [0.5, 0.6) is 0 Å². The van der Waals surface area contributed by atoms with Crippen molar-refractivity contribution >= 4 is 5.97 Å². The van der Waals surface area contributed by atoms with E-state index in [1.807, 2.05) is 0 Å². The minimum atomic E-state index is -0.656. The molecule has 0 aromatic carbocycles. The van der Waals surface area contributed by atoms with Gasteiger partial charge >= 0.3 is 5.97 Å². The summed E-state index contributed by atoms with van der Waals surface area (Å²) in [6.45, 7) is 9.35. The molecule has 0 heterocycles. The Morgan fingerprint density at radius 2 is 2.05 bits per heavy atom. The molecular weight excluding hydrogens is 236 g/mol. The van der Waals surface area contributed by atoms with Gasteiger partial charge in [-0.2, -0.15) is 0 Å². The van der Waals surface area contributed by atoms with Crippen molar-refractivity contribution in [1.29, 1.82) is 0 Å². The largest absolute Gasteiger partial charge is 0.481 e. The van der Waals surface area contributed by atoms with E-state index in [0.29, 0.717) is 17.8 Å². The van der Waals surface area contributed by atoms with Gasteiger partial charge in [0.25, 0.3) is 0 Å². The normalized spacial score (nSPS) is 34.0. The lowest BCUT2D eigenvalue weighted by molar-refractivity contribution is -0.137. The van der Waals surface area contributed by atoms with E-state index in [1.165, 1.54) is 25.7 Å². The van der Waals surface area contributed by atoms with Crippen LogP contribution >= 0.6 is 0 Å². The van der Waals surface area contributed by atoms with Crippen LogP contribution in [0.25, 0.3) is 0 Å². The van der Waals surface area contributed by atoms with Gasteiger partial charge < -0.3 is 5.11 Å². The van der Waals surface area contributed by atoms with Gasteiger partial charge in [0.1, 0.15) is 0 Å². The standard InChI is InChI=1S/C17H28O2/c1-12-10-13-6-5-8-16(2,3)14(13)11-17(12,4)9-7-15(18)19/h12H,5-11H2,1-4H3,(H,18,19). The fourth-order valence-electron chi connectivity index (χ4n) is 4.03. The lowest BCUT2D eigenvalue weighted by atomic mass is 9.57. The van der Waals surface area contributed by atoms with Crippen LogP contribution in [0.3, 0.4) is 0 Å². The minimum absolute atomic E-state index is 0.172. The van der Waals surface area contributed by atoms with Gasteiger partial charge in [-0.1, -0.05) is 38.8 Å². The molecule has 2 nitrogen and oxygen atoms in total. The quantitative estimate of drug-likeness (QED) is 0.744. The first-order chi connectivity index (χ1) is 8.74. The Kier molecular flexibility index (Phi) is 3.81. The molecule has 2 rings (SSSR count). The van der Waals surface area contributed by atoms with E-state index < -0.39 is 5.97 Å². The van der Waals surface area contributed by atoms with Gasteiger partial charge in [-0.15, -0.1) is 0 Å². The van der Waals surface area contributed by atoms with Crippen LogP contribution in [0.15, 0.2) is 11.1 Å². The van der Waals surface area contributed by atoms with Gasteiger partial charge in [0.2, 0.25) is 0 Å². The van der Waals surface area contributed by atoms with E-state index in [9.17, 15) is 4.79 Å². The first-order valence-electron chi connectivity index (χ1n) is 7.68. The fourth-order valence-corrected chi connectivity index (χ4v) is 4.03. The molecule has 0 bridgehead atoms. The minimum Gasteiger partial charge on any atom is -0.481 e. The summed E-state index contributed by atoms with van der Waals surface area (Å²) in [5, 5.41) is 8.97. The Morgan fingerprint density at radius 1 is 1.37 bits per heavy atom. The third-order valence-electron chi connectivity index (χ3n) is 5.76. The van der Waals surface area contributed by atoms with E-state index in [1.54, 1.807) is 11.1 Å². The van der Waals surface area contributed by atoms with E-state index in [4.69, 9.17) is 5.11 Å². The van der Waals surface area contributed by atoms with Crippen molar-refractivity contribution in [2.24, 2.45) is 16.7 Å². The molecule has 0 amide bonds. The molecule has 108 valence electrons. The molecule has 0 saturated carbocycles. The lowest BCUT2D eigenvalue weighted by Crippen LogP contribution is -2.36. The molecule has 2 unspecified atom stereocenters. The van der Waals surface area contributed by atoms with Gasteiger partial charge in [0, 0.05) is 6.42 Å². The maximum atomic E-state index is 10.9. The molecule has 2 heteroatoms. The molecule has 0 spiro atoms. The van der Waals surface area contributed by atoms with Crippen LogP contribution in [-0.2, 0) is 4.79 Å². The topological polar surface area (TPSA) is 37.3 Å². The van der Waals surface area contributed by atoms with Crippen LogP contribution in [-0.4, -0.2) is 11.1 Å². The maximum absolute atomic E-state index is 10.9. The molecule has 1 N–H and O–H groups in total. The van der Waals surface area contributed by atoms with Gasteiger partial charge in [-0.05, 0) is 55.3 Å². The van der Waals surface area contributed by atoms with Crippen molar-refractivity contribution in [2.75, 3.05) is 0 Å². The first kappa shape index (κ1) is 14.6. The third-order valence-corrected chi connectivity index (χ3v) is 5.76. The van der Waals surface area contributed by atoms with E-state index in [-0.39, 0.29) is 5.41 Å². The zero-order chi connectivity index (χ0) is 14.3. The Bertz CT molecular complexity index is 405. The Morgan fingerprint density at radius 3 is 2.68 bits per heavy atom. The van der Waals surface area contributed by atoms with Gasteiger partial charge in [0.15, 0.2) is 0 Å². The van der Waals surface area contributed by atoms with Crippen LogP contribution in [0.1, 0.15) is 72.6 Å². The summed E-state index contributed by atoms with van der Waals surface area (Å²) < 4.78 is 0. The van der Waals surface area contributed by atoms with Gasteiger partial charge in [0.05, 0.1) is 0 Å². The summed E-state index contributed by atoms with van der Waals surface area (Å²) in [6.07, 6.45) is 7.32. The van der Waals surface area contributed by atoms with Crippen molar-refractivity contribution in [1.82, 2.24) is 0 Å². The van der Waals surface area contributed by atoms with Crippen molar-refractivity contribution in [2.45, 2.75) is 72.6 Å². The number of rotatable bonds is 3. The molecule has 2 aliphatic rings. The van der Waals surface area contributed by atoms with Crippen molar-refractivity contribution in [3.8, 4) is 0 Å². The molecule has 0 aromatic heterocycles. The molecule has 19 heavy (non-hydrogen) atoms. The summed E-state index contributed by atoms with van der Waals surface area (Å²) in [7, 11) is 0. The summed E-state index contributed by atoms with van der Waals surface area (Å²) in [6, 6.07) is 0. The second-order valence-electron chi connectivity index (χ2n) is 7.65. The monoisotopic (exact) mass is 264 g/mol. The maximum Gasteiger partial charge on any atom is 0.303 e.